The monoisotopic (exact) mass is 245 g/mol. The van der Waals surface area contributed by atoms with E-state index in [0.717, 1.165) is 11.5 Å². The molecule has 0 saturated carbocycles. The van der Waals surface area contributed by atoms with Gasteiger partial charge in [-0.15, -0.1) is 0 Å². The first-order valence-corrected chi connectivity index (χ1v) is 5.67. The molecular formula is C13H15N3O2. The minimum Gasteiger partial charge on any atom is -0.465 e. The molecule has 0 radical (unpaired) electrons. The maximum absolute atomic E-state index is 11.8. The average Bonchev–Trinajstić information content (AvgIpc) is 2.82. The van der Waals surface area contributed by atoms with E-state index in [1.54, 1.807) is 25.2 Å². The van der Waals surface area contributed by atoms with Crippen LogP contribution in [0.15, 0.2) is 34.7 Å². The molecule has 2 rings (SSSR count). The lowest BCUT2D eigenvalue weighted by atomic mass is 10.3. The smallest absolute Gasteiger partial charge is 0.270 e. The zero-order valence-corrected chi connectivity index (χ0v) is 10.4. The van der Waals surface area contributed by atoms with Crippen LogP contribution in [0.5, 0.6) is 0 Å². The maximum atomic E-state index is 11.8. The molecule has 0 bridgehead atoms. The van der Waals surface area contributed by atoms with Gasteiger partial charge in [-0.2, -0.15) is 0 Å². The van der Waals surface area contributed by atoms with Crippen LogP contribution in [0, 0.1) is 6.92 Å². The topological polar surface area (TPSA) is 67.2 Å². The molecule has 2 aromatic heterocycles. The number of carbonyl (C=O) groups is 1. The van der Waals surface area contributed by atoms with Gasteiger partial charge in [0.25, 0.3) is 5.91 Å². The highest BCUT2D eigenvalue weighted by molar-refractivity contribution is 5.92. The fourth-order valence-corrected chi connectivity index (χ4v) is 1.54. The molecule has 2 N–H and O–H groups in total. The Labute approximate surface area is 105 Å². The summed E-state index contributed by atoms with van der Waals surface area (Å²) >= 11 is 0. The van der Waals surface area contributed by atoms with E-state index in [4.69, 9.17) is 4.42 Å². The second kappa shape index (κ2) is 5.35. The molecule has 0 spiro atoms. The lowest BCUT2D eigenvalue weighted by molar-refractivity contribution is 0.0943. The Hall–Kier alpha value is -2.30. The van der Waals surface area contributed by atoms with E-state index in [1.165, 1.54) is 0 Å². The average molecular weight is 245 g/mol. The Bertz CT molecular complexity index is 549. The number of hydrogen-bond donors (Lipinski definition) is 2. The fourth-order valence-electron chi connectivity index (χ4n) is 1.54. The zero-order valence-electron chi connectivity index (χ0n) is 10.4. The lowest BCUT2D eigenvalue weighted by Gasteiger charge is -2.04. The first-order valence-electron chi connectivity index (χ1n) is 5.67. The van der Waals surface area contributed by atoms with Crippen LogP contribution >= 0.6 is 0 Å². The number of furan rings is 1. The largest absolute Gasteiger partial charge is 0.465 e. The van der Waals surface area contributed by atoms with Crippen molar-refractivity contribution in [2.24, 2.45) is 0 Å². The molecule has 2 heterocycles. The summed E-state index contributed by atoms with van der Waals surface area (Å²) < 4.78 is 5.37. The molecule has 94 valence electrons. The second-order valence-corrected chi connectivity index (χ2v) is 3.85. The number of amides is 1. The van der Waals surface area contributed by atoms with Crippen LogP contribution < -0.4 is 10.6 Å². The summed E-state index contributed by atoms with van der Waals surface area (Å²) in [7, 11) is 1.76. The van der Waals surface area contributed by atoms with Gasteiger partial charge in [-0.25, -0.2) is 4.98 Å². The molecule has 0 aliphatic heterocycles. The van der Waals surface area contributed by atoms with Crippen molar-refractivity contribution in [2.75, 3.05) is 12.4 Å². The molecular weight excluding hydrogens is 230 g/mol. The third-order valence-corrected chi connectivity index (χ3v) is 2.46. The van der Waals surface area contributed by atoms with E-state index >= 15 is 0 Å². The van der Waals surface area contributed by atoms with E-state index in [0.29, 0.717) is 18.1 Å². The van der Waals surface area contributed by atoms with Gasteiger partial charge in [0, 0.05) is 7.05 Å². The normalized spacial score (nSPS) is 10.1. The van der Waals surface area contributed by atoms with Gasteiger partial charge in [-0.1, -0.05) is 6.07 Å². The van der Waals surface area contributed by atoms with Gasteiger partial charge < -0.3 is 15.1 Å². The van der Waals surface area contributed by atoms with Crippen LogP contribution in [-0.4, -0.2) is 17.9 Å². The quantitative estimate of drug-likeness (QED) is 0.864. The predicted octanol–water partition coefficient (Wildman–Crippen LogP) is 1.95. The Kier molecular flexibility index (Phi) is 3.62. The van der Waals surface area contributed by atoms with Crippen LogP contribution in [-0.2, 0) is 6.54 Å². The Balaban J connectivity index is 1.99. The molecule has 0 unspecified atom stereocenters. The first-order chi connectivity index (χ1) is 8.69. The van der Waals surface area contributed by atoms with Gasteiger partial charge in [0.05, 0.1) is 6.54 Å². The molecule has 0 atom stereocenters. The molecule has 2 aromatic rings. The summed E-state index contributed by atoms with van der Waals surface area (Å²) in [5, 5.41) is 5.65. The van der Waals surface area contributed by atoms with Crippen molar-refractivity contribution in [3.8, 4) is 0 Å². The summed E-state index contributed by atoms with van der Waals surface area (Å²) in [6.45, 7) is 2.22. The summed E-state index contributed by atoms with van der Waals surface area (Å²) in [6, 6.07) is 8.95. The van der Waals surface area contributed by atoms with Gasteiger partial charge >= 0.3 is 0 Å². The Morgan fingerprint density at radius 1 is 1.33 bits per heavy atom. The van der Waals surface area contributed by atoms with E-state index in [1.807, 2.05) is 19.1 Å². The molecule has 0 saturated heterocycles. The van der Waals surface area contributed by atoms with Crippen LogP contribution in [0.3, 0.4) is 0 Å². The van der Waals surface area contributed by atoms with E-state index in [9.17, 15) is 4.79 Å². The number of carbonyl (C=O) groups excluding carboxylic acids is 1. The number of pyridine rings is 1. The number of aromatic nitrogens is 1. The third kappa shape index (κ3) is 2.88. The number of aryl methyl sites for hydroxylation is 1. The van der Waals surface area contributed by atoms with Crippen molar-refractivity contribution in [2.45, 2.75) is 13.5 Å². The number of nitrogens with zero attached hydrogens (tertiary/aromatic N) is 1. The summed E-state index contributed by atoms with van der Waals surface area (Å²) in [6.07, 6.45) is 0. The van der Waals surface area contributed by atoms with Gasteiger partial charge in [0.15, 0.2) is 0 Å². The van der Waals surface area contributed by atoms with Gasteiger partial charge in [-0.05, 0) is 31.2 Å². The molecule has 5 heteroatoms. The van der Waals surface area contributed by atoms with Crippen LogP contribution in [0.2, 0.25) is 0 Å². The maximum Gasteiger partial charge on any atom is 0.270 e. The van der Waals surface area contributed by atoms with Crippen molar-refractivity contribution in [1.29, 1.82) is 0 Å². The molecule has 18 heavy (non-hydrogen) atoms. The van der Waals surface area contributed by atoms with Gasteiger partial charge in [0.2, 0.25) is 0 Å². The number of anilines is 1. The summed E-state index contributed by atoms with van der Waals surface area (Å²) in [5.74, 6) is 2.00. The highest BCUT2D eigenvalue weighted by Gasteiger charge is 2.08. The second-order valence-electron chi connectivity index (χ2n) is 3.85. The van der Waals surface area contributed by atoms with Crippen LogP contribution in [0.4, 0.5) is 5.82 Å². The minimum absolute atomic E-state index is 0.221. The van der Waals surface area contributed by atoms with Gasteiger partial charge in [0.1, 0.15) is 23.0 Å². The zero-order chi connectivity index (χ0) is 13.0. The number of hydrogen-bond acceptors (Lipinski definition) is 4. The molecule has 5 nitrogen and oxygen atoms in total. The fraction of sp³-hybridized carbons (Fsp3) is 0.231. The minimum atomic E-state index is -0.221. The van der Waals surface area contributed by atoms with E-state index < -0.39 is 0 Å². The SMILES string of the molecule is CNc1cccc(C(=O)NCc2ccc(C)o2)n1. The lowest BCUT2D eigenvalue weighted by Crippen LogP contribution is -2.23. The Morgan fingerprint density at radius 2 is 2.17 bits per heavy atom. The Morgan fingerprint density at radius 3 is 2.83 bits per heavy atom. The summed E-state index contributed by atoms with van der Waals surface area (Å²) in [5.41, 5.74) is 0.380. The highest BCUT2D eigenvalue weighted by atomic mass is 16.3. The molecule has 0 aliphatic rings. The predicted molar refractivity (Wildman–Crippen MR) is 68.4 cm³/mol. The third-order valence-electron chi connectivity index (χ3n) is 2.46. The summed E-state index contributed by atoms with van der Waals surface area (Å²) in [4.78, 5) is 16.0. The van der Waals surface area contributed by atoms with Crippen molar-refractivity contribution >= 4 is 11.7 Å². The molecule has 0 fully saturated rings. The number of rotatable bonds is 4. The first kappa shape index (κ1) is 12.2. The van der Waals surface area contributed by atoms with Crippen molar-refractivity contribution in [3.05, 3.63) is 47.5 Å². The highest BCUT2D eigenvalue weighted by Crippen LogP contribution is 2.07. The van der Waals surface area contributed by atoms with Crippen LogP contribution in [0.25, 0.3) is 0 Å². The molecule has 0 aromatic carbocycles. The van der Waals surface area contributed by atoms with Crippen molar-refractivity contribution in [1.82, 2.24) is 10.3 Å². The number of nitrogens with one attached hydrogen (secondary N) is 2. The van der Waals surface area contributed by atoms with Crippen molar-refractivity contribution < 1.29 is 9.21 Å². The van der Waals surface area contributed by atoms with Gasteiger partial charge in [-0.3, -0.25) is 4.79 Å². The van der Waals surface area contributed by atoms with Crippen LogP contribution in [0.1, 0.15) is 22.0 Å². The molecule has 1 amide bonds. The van der Waals surface area contributed by atoms with E-state index in [-0.39, 0.29) is 5.91 Å². The van der Waals surface area contributed by atoms with Crippen molar-refractivity contribution in [3.63, 3.8) is 0 Å². The molecule has 0 aliphatic carbocycles. The van der Waals surface area contributed by atoms with E-state index in [2.05, 4.69) is 15.6 Å². The standard InChI is InChI=1S/C13H15N3O2/c1-9-6-7-10(18-9)8-15-13(17)11-4-3-5-12(14-2)16-11/h3-7H,8H2,1-2H3,(H,14,16)(H,15,17).